The molecule has 10 heteroatoms. The molecule has 1 saturated heterocycles. The number of rotatable bonds is 10. The van der Waals surface area contributed by atoms with Crippen LogP contribution in [-0.2, 0) is 4.79 Å². The van der Waals surface area contributed by atoms with E-state index in [1.54, 1.807) is 12.3 Å². The highest BCUT2D eigenvalue weighted by Gasteiger charge is 2.26. The zero-order valence-corrected chi connectivity index (χ0v) is 24.9. The molecule has 1 amide bonds. The SMILES string of the molecule is Cc1cc(Nc2ccccc2)ccc1Oc1ccnc2[nH]nc(NC3CCCN(C(=O)/C=C/CN(C)C4CC4)C3)c12.Cl. The minimum Gasteiger partial charge on any atom is -0.456 e. The number of carbonyl (C=O) groups is 1. The number of nitrogens with one attached hydrogen (secondary N) is 3. The van der Waals surface area contributed by atoms with E-state index in [2.05, 4.69) is 43.8 Å². The van der Waals surface area contributed by atoms with Gasteiger partial charge in [-0.1, -0.05) is 24.3 Å². The summed E-state index contributed by atoms with van der Waals surface area (Å²) in [5.41, 5.74) is 3.68. The number of fused-ring (bicyclic) bond motifs is 1. The first-order valence-electron chi connectivity index (χ1n) is 14.4. The molecule has 1 atom stereocenters. The Morgan fingerprint density at radius 2 is 1.95 bits per heavy atom. The summed E-state index contributed by atoms with van der Waals surface area (Å²) in [5, 5.41) is 15.3. The third kappa shape index (κ3) is 7.03. The number of aromatic amines is 1. The number of likely N-dealkylation sites (N-methyl/N-ethyl adjacent to an activating group) is 1. The first-order chi connectivity index (χ1) is 20.0. The van der Waals surface area contributed by atoms with Crippen molar-refractivity contribution in [2.45, 2.75) is 44.7 Å². The predicted octanol–water partition coefficient (Wildman–Crippen LogP) is 6.28. The van der Waals surface area contributed by atoms with E-state index < -0.39 is 0 Å². The molecule has 4 aromatic rings. The van der Waals surface area contributed by atoms with Gasteiger partial charge in [0.1, 0.15) is 16.9 Å². The standard InChI is InChI=1S/C32H37N7O2.ClH/c1-22-20-24(34-23-8-4-3-5-9-23)12-15-27(22)41-28-16-17-33-31-30(28)32(37-36-31)35-25-10-6-19-39(21-25)29(40)11-7-18-38(2)26-13-14-26;/h3-5,7-9,11-12,15-17,20,25-26,34H,6,10,13-14,18-19,21H2,1-2H3,(H2,33,35,36,37);1H/b11-7+;. The molecule has 1 aliphatic carbocycles. The molecule has 9 nitrogen and oxygen atoms in total. The Labute approximate surface area is 252 Å². The average Bonchev–Trinajstić information content (AvgIpc) is 3.76. The molecule has 0 bridgehead atoms. The Morgan fingerprint density at radius 3 is 2.74 bits per heavy atom. The van der Waals surface area contributed by atoms with Crippen LogP contribution in [-0.4, -0.2) is 69.7 Å². The quantitative estimate of drug-likeness (QED) is 0.188. The number of halogens is 1. The number of benzene rings is 2. The highest BCUT2D eigenvalue weighted by Crippen LogP contribution is 2.35. The summed E-state index contributed by atoms with van der Waals surface area (Å²) < 4.78 is 6.41. The molecule has 1 unspecified atom stereocenters. The molecule has 1 aliphatic heterocycles. The molecule has 42 heavy (non-hydrogen) atoms. The van der Waals surface area contributed by atoms with Crippen LogP contribution in [0.25, 0.3) is 11.0 Å². The average molecular weight is 588 g/mol. The van der Waals surface area contributed by atoms with Gasteiger partial charge in [0.15, 0.2) is 11.5 Å². The van der Waals surface area contributed by atoms with Crippen LogP contribution in [0.3, 0.4) is 0 Å². The summed E-state index contributed by atoms with van der Waals surface area (Å²) in [5.74, 6) is 2.18. The van der Waals surface area contributed by atoms with Gasteiger partial charge in [0.05, 0.1) is 0 Å². The van der Waals surface area contributed by atoms with Crippen LogP contribution in [0.1, 0.15) is 31.2 Å². The highest BCUT2D eigenvalue weighted by atomic mass is 35.5. The van der Waals surface area contributed by atoms with Crippen molar-refractivity contribution in [1.29, 1.82) is 0 Å². The van der Waals surface area contributed by atoms with Gasteiger partial charge in [-0.2, -0.15) is 5.10 Å². The lowest BCUT2D eigenvalue weighted by molar-refractivity contribution is -0.127. The van der Waals surface area contributed by atoms with E-state index >= 15 is 0 Å². The molecule has 3 heterocycles. The second-order valence-electron chi connectivity index (χ2n) is 11.0. The highest BCUT2D eigenvalue weighted by molar-refractivity contribution is 5.93. The number of aryl methyl sites for hydroxylation is 1. The molecule has 1 saturated carbocycles. The molecule has 2 aromatic heterocycles. The normalized spacial score (nSPS) is 16.9. The third-order valence-electron chi connectivity index (χ3n) is 7.78. The van der Waals surface area contributed by atoms with E-state index in [0.29, 0.717) is 29.8 Å². The number of amides is 1. The van der Waals surface area contributed by atoms with E-state index in [1.807, 2.05) is 66.4 Å². The first-order valence-corrected chi connectivity index (χ1v) is 14.4. The second kappa shape index (κ2) is 13.3. The maximum atomic E-state index is 12.9. The third-order valence-corrected chi connectivity index (χ3v) is 7.78. The van der Waals surface area contributed by atoms with Crippen molar-refractivity contribution in [2.24, 2.45) is 0 Å². The molecular weight excluding hydrogens is 550 g/mol. The Kier molecular flexibility index (Phi) is 9.29. The summed E-state index contributed by atoms with van der Waals surface area (Å²) in [6.07, 6.45) is 9.85. The maximum Gasteiger partial charge on any atom is 0.246 e. The van der Waals surface area contributed by atoms with Crippen molar-refractivity contribution < 1.29 is 9.53 Å². The van der Waals surface area contributed by atoms with Crippen molar-refractivity contribution in [1.82, 2.24) is 25.0 Å². The number of pyridine rings is 1. The molecule has 2 aromatic carbocycles. The van der Waals surface area contributed by atoms with E-state index in [9.17, 15) is 4.79 Å². The zero-order chi connectivity index (χ0) is 28.2. The molecule has 2 aliphatic rings. The number of carbonyl (C=O) groups excluding carboxylic acids is 1. The lowest BCUT2D eigenvalue weighted by Crippen LogP contribution is -2.44. The van der Waals surface area contributed by atoms with Gasteiger partial charge < -0.3 is 20.3 Å². The number of anilines is 3. The van der Waals surface area contributed by atoms with Gasteiger partial charge in [-0.05, 0) is 75.5 Å². The molecule has 0 spiro atoms. The fourth-order valence-electron chi connectivity index (χ4n) is 5.34. The van der Waals surface area contributed by atoms with Crippen molar-refractivity contribution in [2.75, 3.05) is 37.3 Å². The maximum absolute atomic E-state index is 12.9. The second-order valence-corrected chi connectivity index (χ2v) is 11.0. The fraction of sp³-hybridized carbons (Fsp3) is 0.344. The Balaban J connectivity index is 0.00000353. The van der Waals surface area contributed by atoms with Gasteiger partial charge >= 0.3 is 0 Å². The molecule has 0 radical (unpaired) electrons. The largest absolute Gasteiger partial charge is 0.456 e. The molecule has 6 rings (SSSR count). The van der Waals surface area contributed by atoms with E-state index in [4.69, 9.17) is 4.74 Å². The smallest absolute Gasteiger partial charge is 0.246 e. The van der Waals surface area contributed by atoms with Crippen molar-refractivity contribution >= 4 is 46.5 Å². The fourth-order valence-corrected chi connectivity index (χ4v) is 5.34. The number of hydrogen-bond acceptors (Lipinski definition) is 7. The van der Waals surface area contributed by atoms with Crippen LogP contribution < -0.4 is 15.4 Å². The van der Waals surface area contributed by atoms with Gasteiger partial charge in [-0.3, -0.25) is 14.8 Å². The summed E-state index contributed by atoms with van der Waals surface area (Å²) >= 11 is 0. The van der Waals surface area contributed by atoms with Crippen molar-refractivity contribution in [3.05, 3.63) is 78.5 Å². The minimum atomic E-state index is 0. The van der Waals surface area contributed by atoms with E-state index in [-0.39, 0.29) is 24.4 Å². The van der Waals surface area contributed by atoms with Gasteiger partial charge in [0.2, 0.25) is 5.91 Å². The Hall–Kier alpha value is -4.08. The van der Waals surface area contributed by atoms with E-state index in [0.717, 1.165) is 54.0 Å². The number of nitrogens with zero attached hydrogens (tertiary/aromatic N) is 4. The van der Waals surface area contributed by atoms with Gasteiger partial charge in [-0.15, -0.1) is 12.4 Å². The van der Waals surface area contributed by atoms with Crippen LogP contribution >= 0.6 is 12.4 Å². The lowest BCUT2D eigenvalue weighted by Gasteiger charge is -2.32. The summed E-state index contributed by atoms with van der Waals surface area (Å²) in [4.78, 5) is 21.6. The monoisotopic (exact) mass is 587 g/mol. The van der Waals surface area contributed by atoms with Crippen LogP contribution in [0.5, 0.6) is 11.5 Å². The molecular formula is C32H38ClN7O2. The van der Waals surface area contributed by atoms with Crippen LogP contribution in [0.4, 0.5) is 17.2 Å². The number of likely N-dealkylation sites (tertiary alicyclic amines) is 1. The van der Waals surface area contributed by atoms with Gasteiger partial charge in [0.25, 0.3) is 0 Å². The van der Waals surface area contributed by atoms with Crippen molar-refractivity contribution in [3.8, 4) is 11.5 Å². The number of ether oxygens (including phenoxy) is 1. The van der Waals surface area contributed by atoms with Crippen LogP contribution in [0, 0.1) is 6.92 Å². The van der Waals surface area contributed by atoms with Gasteiger partial charge in [0, 0.05) is 61.4 Å². The molecule has 2 fully saturated rings. The number of para-hydroxylation sites is 1. The summed E-state index contributed by atoms with van der Waals surface area (Å²) in [6, 6.07) is 18.8. The number of piperidine rings is 1. The predicted molar refractivity (Wildman–Crippen MR) is 170 cm³/mol. The molecule has 220 valence electrons. The van der Waals surface area contributed by atoms with Gasteiger partial charge in [-0.25, -0.2) is 4.98 Å². The number of hydrogen-bond donors (Lipinski definition) is 3. The number of H-pyrrole nitrogens is 1. The summed E-state index contributed by atoms with van der Waals surface area (Å²) in [7, 11) is 2.12. The number of aromatic nitrogens is 3. The first kappa shape index (κ1) is 29.4. The summed E-state index contributed by atoms with van der Waals surface area (Å²) in [6.45, 7) is 4.24. The Morgan fingerprint density at radius 1 is 1.12 bits per heavy atom. The molecule has 3 N–H and O–H groups in total. The van der Waals surface area contributed by atoms with E-state index in [1.165, 1.54) is 12.8 Å². The van der Waals surface area contributed by atoms with Crippen LogP contribution in [0.15, 0.2) is 72.9 Å². The Bertz CT molecular complexity index is 1540. The zero-order valence-electron chi connectivity index (χ0n) is 24.0. The topological polar surface area (TPSA) is 98.4 Å². The minimum absolute atomic E-state index is 0. The lowest BCUT2D eigenvalue weighted by atomic mass is 10.1. The van der Waals surface area contributed by atoms with Crippen molar-refractivity contribution in [3.63, 3.8) is 0 Å². The van der Waals surface area contributed by atoms with Crippen LogP contribution in [0.2, 0.25) is 0 Å².